The number of halogens is 1. The Morgan fingerprint density at radius 1 is 0.625 bits per heavy atom. The van der Waals surface area contributed by atoms with Gasteiger partial charge >= 0.3 is 0 Å². The van der Waals surface area contributed by atoms with Crippen LogP contribution in [0, 0.1) is 35.5 Å². The molecule has 0 heterocycles. The molecule has 5 aliphatic carbocycles. The summed E-state index contributed by atoms with van der Waals surface area (Å²) >= 11 is 3.71. The van der Waals surface area contributed by atoms with E-state index in [1.54, 1.807) is 0 Å². The molecule has 2 bridgehead atoms. The second kappa shape index (κ2) is 0.681. The molecule has 3 unspecified atom stereocenters. The lowest BCUT2D eigenvalue weighted by Crippen LogP contribution is -1.98. The van der Waals surface area contributed by atoms with Crippen LogP contribution in [0.15, 0.2) is 0 Å². The molecule has 0 N–H and O–H groups in total. The highest BCUT2D eigenvalue weighted by Crippen LogP contribution is 2.93. The largest absolute Gasteiger partial charge is 0.0884 e. The van der Waals surface area contributed by atoms with E-state index in [2.05, 4.69) is 15.9 Å². The van der Waals surface area contributed by atoms with Crippen molar-refractivity contribution in [3.63, 3.8) is 0 Å². The minimum atomic E-state index is 0.979. The molecule has 0 aliphatic heterocycles. The average Bonchev–Trinajstić information content (AvgIpc) is 2.60. The van der Waals surface area contributed by atoms with Crippen molar-refractivity contribution in [2.24, 2.45) is 35.5 Å². The van der Waals surface area contributed by atoms with Crippen LogP contribution in [0.1, 0.15) is 0 Å². The van der Waals surface area contributed by atoms with E-state index in [-0.39, 0.29) is 0 Å². The van der Waals surface area contributed by atoms with E-state index >= 15 is 0 Å². The van der Waals surface area contributed by atoms with E-state index in [0.29, 0.717) is 0 Å². The molecular formula is C7H7Br. The molecule has 8 heavy (non-hydrogen) atoms. The highest BCUT2D eigenvalue weighted by molar-refractivity contribution is 9.09. The van der Waals surface area contributed by atoms with Crippen molar-refractivity contribution >= 4 is 15.9 Å². The third kappa shape index (κ3) is 0.164. The first-order chi connectivity index (χ1) is 3.91. The van der Waals surface area contributed by atoms with Crippen LogP contribution in [-0.2, 0) is 0 Å². The molecule has 0 radical (unpaired) electrons. The second-order valence-electron chi connectivity index (χ2n) is 3.91. The molecule has 5 saturated carbocycles. The molecule has 0 aromatic carbocycles. The van der Waals surface area contributed by atoms with Gasteiger partial charge in [0.15, 0.2) is 0 Å². The Morgan fingerprint density at radius 3 is 1.38 bits per heavy atom. The lowest BCUT2D eigenvalue weighted by Gasteiger charge is -1.99. The topological polar surface area (TPSA) is 0 Å². The maximum absolute atomic E-state index is 3.71. The first-order valence-corrected chi connectivity index (χ1v) is 4.47. The highest BCUT2D eigenvalue weighted by atomic mass is 79.9. The number of rotatable bonds is 0. The first kappa shape index (κ1) is 3.60. The van der Waals surface area contributed by atoms with Gasteiger partial charge in [-0.3, -0.25) is 0 Å². The van der Waals surface area contributed by atoms with E-state index in [0.717, 1.165) is 4.83 Å². The smallest absolute Gasteiger partial charge is 0.0214 e. The fraction of sp³-hybridized carbons (Fsp3) is 1.00. The fourth-order valence-corrected chi connectivity index (χ4v) is 4.65. The van der Waals surface area contributed by atoms with E-state index < -0.39 is 0 Å². The van der Waals surface area contributed by atoms with Crippen molar-refractivity contribution in [2.75, 3.05) is 0 Å². The normalized spacial score (nSPS) is 94.9. The monoisotopic (exact) mass is 170 g/mol. The molecular weight excluding hydrogens is 164 g/mol. The van der Waals surface area contributed by atoms with E-state index in [1.807, 2.05) is 0 Å². The van der Waals surface area contributed by atoms with Crippen molar-refractivity contribution < 1.29 is 0 Å². The summed E-state index contributed by atoms with van der Waals surface area (Å²) in [7, 11) is 0. The predicted molar refractivity (Wildman–Crippen MR) is 33.7 cm³/mol. The Morgan fingerprint density at radius 2 is 1.00 bits per heavy atom. The standard InChI is InChI=1S/C7H7Br/c8-7-5-3-1-2(3)4(1)6(5)7/h1-7H/t1?,2?,3?,4?,5-,6+,7?. The summed E-state index contributed by atoms with van der Waals surface area (Å²) in [6.07, 6.45) is 0. The summed E-state index contributed by atoms with van der Waals surface area (Å²) in [6.45, 7) is 0. The Labute approximate surface area is 56.8 Å². The van der Waals surface area contributed by atoms with Crippen LogP contribution in [0.2, 0.25) is 0 Å². The maximum atomic E-state index is 3.71. The van der Waals surface area contributed by atoms with E-state index in [1.165, 1.54) is 35.5 Å². The number of hydrogen-bond acceptors (Lipinski definition) is 0. The third-order valence-electron chi connectivity index (χ3n) is 3.87. The zero-order valence-electron chi connectivity index (χ0n) is 4.42. The Bertz CT molecular complexity index is 161. The predicted octanol–water partition coefficient (Wildman–Crippen LogP) is 1.50. The molecule has 5 aliphatic rings. The van der Waals surface area contributed by atoms with Gasteiger partial charge in [-0.05, 0) is 35.5 Å². The minimum absolute atomic E-state index is 0.979. The molecule has 0 saturated heterocycles. The van der Waals surface area contributed by atoms with Crippen molar-refractivity contribution in [1.29, 1.82) is 0 Å². The quantitative estimate of drug-likeness (QED) is 0.484. The van der Waals surface area contributed by atoms with Gasteiger partial charge in [-0.25, -0.2) is 0 Å². The van der Waals surface area contributed by atoms with Gasteiger partial charge < -0.3 is 0 Å². The molecule has 5 atom stereocenters. The van der Waals surface area contributed by atoms with Crippen LogP contribution in [0.5, 0.6) is 0 Å². The van der Waals surface area contributed by atoms with Gasteiger partial charge in [0.05, 0.1) is 0 Å². The van der Waals surface area contributed by atoms with Crippen LogP contribution >= 0.6 is 15.9 Å². The van der Waals surface area contributed by atoms with Gasteiger partial charge in [-0.15, -0.1) is 0 Å². The summed E-state index contributed by atoms with van der Waals surface area (Å²) in [6, 6.07) is 0. The van der Waals surface area contributed by atoms with Crippen molar-refractivity contribution in [3.05, 3.63) is 0 Å². The molecule has 0 nitrogen and oxygen atoms in total. The minimum Gasteiger partial charge on any atom is -0.0884 e. The van der Waals surface area contributed by atoms with E-state index in [4.69, 9.17) is 0 Å². The second-order valence-corrected chi connectivity index (χ2v) is 4.97. The zero-order valence-corrected chi connectivity index (χ0v) is 6.01. The molecule has 1 heteroatoms. The lowest BCUT2D eigenvalue weighted by atomic mass is 10.1. The SMILES string of the molecule is BrC1[C@H]2C3C4C3C4[C@@H]12. The van der Waals surface area contributed by atoms with Crippen LogP contribution in [-0.4, -0.2) is 4.83 Å². The van der Waals surface area contributed by atoms with Gasteiger partial charge in [0.2, 0.25) is 0 Å². The van der Waals surface area contributed by atoms with Gasteiger partial charge in [0.1, 0.15) is 0 Å². The zero-order chi connectivity index (χ0) is 5.04. The number of hydrogen-bond donors (Lipinski definition) is 0. The Balaban J connectivity index is 1.93. The van der Waals surface area contributed by atoms with Crippen molar-refractivity contribution in [1.82, 2.24) is 0 Å². The number of alkyl halides is 1. The molecule has 0 aromatic heterocycles. The molecule has 0 amide bonds. The highest BCUT2D eigenvalue weighted by Gasteiger charge is 2.91. The summed E-state index contributed by atoms with van der Waals surface area (Å²) in [5.74, 6) is 7.39. The molecule has 0 spiro atoms. The fourth-order valence-electron chi connectivity index (χ4n) is 3.42. The average molecular weight is 171 g/mol. The Kier molecular flexibility index (Phi) is 0.306. The van der Waals surface area contributed by atoms with Crippen LogP contribution < -0.4 is 0 Å². The van der Waals surface area contributed by atoms with Crippen molar-refractivity contribution in [3.8, 4) is 0 Å². The van der Waals surface area contributed by atoms with Crippen LogP contribution in [0.3, 0.4) is 0 Å². The van der Waals surface area contributed by atoms with Gasteiger partial charge in [-0.1, -0.05) is 15.9 Å². The van der Waals surface area contributed by atoms with Crippen molar-refractivity contribution in [2.45, 2.75) is 4.83 Å². The first-order valence-electron chi connectivity index (χ1n) is 3.55. The van der Waals surface area contributed by atoms with E-state index in [9.17, 15) is 0 Å². The summed E-state index contributed by atoms with van der Waals surface area (Å²) in [5, 5.41) is 0. The van der Waals surface area contributed by atoms with Crippen LogP contribution in [0.25, 0.3) is 0 Å². The Hall–Kier alpha value is 0.480. The third-order valence-corrected chi connectivity index (χ3v) is 5.09. The molecule has 5 fully saturated rings. The van der Waals surface area contributed by atoms with Crippen LogP contribution in [0.4, 0.5) is 0 Å². The van der Waals surface area contributed by atoms with Gasteiger partial charge in [0.25, 0.3) is 0 Å². The summed E-state index contributed by atoms with van der Waals surface area (Å²) in [5.41, 5.74) is 0. The van der Waals surface area contributed by atoms with Gasteiger partial charge in [-0.2, -0.15) is 0 Å². The maximum Gasteiger partial charge on any atom is 0.0214 e. The molecule has 5 rings (SSSR count). The molecule has 0 aromatic rings. The summed E-state index contributed by atoms with van der Waals surface area (Å²) in [4.78, 5) is 0.979. The van der Waals surface area contributed by atoms with Gasteiger partial charge in [0, 0.05) is 4.83 Å². The lowest BCUT2D eigenvalue weighted by molar-refractivity contribution is 0.536. The summed E-state index contributed by atoms with van der Waals surface area (Å²) < 4.78 is 0. The molecule has 42 valence electrons.